The first-order chi connectivity index (χ1) is 18.5. The summed E-state index contributed by atoms with van der Waals surface area (Å²) in [6, 6.07) is 17.8. The lowest BCUT2D eigenvalue weighted by Crippen LogP contribution is -2.51. The molecule has 39 heavy (non-hydrogen) atoms. The van der Waals surface area contributed by atoms with Gasteiger partial charge in [0, 0.05) is 12.2 Å². The van der Waals surface area contributed by atoms with Crippen LogP contribution in [-0.4, -0.2) is 46.1 Å². The highest BCUT2D eigenvalue weighted by Crippen LogP contribution is 2.28. The van der Waals surface area contributed by atoms with Crippen molar-refractivity contribution in [2.45, 2.75) is 71.6 Å². The number of nitrogens with zero attached hydrogens (tertiary/aromatic N) is 1. The Hall–Kier alpha value is -4.07. The molecule has 0 aromatic heterocycles. The van der Waals surface area contributed by atoms with E-state index in [9.17, 15) is 19.5 Å². The summed E-state index contributed by atoms with van der Waals surface area (Å²) in [7, 11) is 0. The van der Waals surface area contributed by atoms with Gasteiger partial charge in [-0.3, -0.25) is 9.59 Å². The van der Waals surface area contributed by atoms with Gasteiger partial charge in [0.25, 0.3) is 5.91 Å². The first-order valence-electron chi connectivity index (χ1n) is 13.4. The molecule has 3 aromatic rings. The minimum Gasteiger partial charge on any atom is -0.508 e. The van der Waals surface area contributed by atoms with Crippen LogP contribution in [0.25, 0.3) is 10.8 Å². The molecule has 3 amide bonds. The Morgan fingerprint density at radius 3 is 2.33 bits per heavy atom. The lowest BCUT2D eigenvalue weighted by Gasteiger charge is -2.33. The van der Waals surface area contributed by atoms with E-state index in [0.717, 1.165) is 23.6 Å². The van der Waals surface area contributed by atoms with Gasteiger partial charge in [-0.25, -0.2) is 4.79 Å². The number of carbonyl (C=O) groups is 3. The summed E-state index contributed by atoms with van der Waals surface area (Å²) in [5.41, 5.74) is 0.324. The van der Waals surface area contributed by atoms with Crippen LogP contribution in [0.1, 0.15) is 65.5 Å². The van der Waals surface area contributed by atoms with Gasteiger partial charge in [-0.05, 0) is 74.7 Å². The molecule has 3 aromatic carbocycles. The second kappa shape index (κ2) is 13.1. The predicted octanol–water partition coefficient (Wildman–Crippen LogP) is 6.16. The van der Waals surface area contributed by atoms with Gasteiger partial charge in [0.15, 0.2) is 0 Å². The number of unbranched alkanes of at least 4 members (excludes halogenated alkanes) is 2. The summed E-state index contributed by atoms with van der Waals surface area (Å²) in [5, 5.41) is 17.8. The van der Waals surface area contributed by atoms with Crippen molar-refractivity contribution in [1.29, 1.82) is 0 Å². The molecule has 3 rings (SSSR count). The zero-order chi connectivity index (χ0) is 28.6. The van der Waals surface area contributed by atoms with Crippen LogP contribution in [0.5, 0.6) is 5.75 Å². The van der Waals surface area contributed by atoms with Crippen LogP contribution in [-0.2, 0) is 14.3 Å². The Morgan fingerprint density at radius 2 is 1.67 bits per heavy atom. The summed E-state index contributed by atoms with van der Waals surface area (Å²) in [4.78, 5) is 41.5. The number of phenolic OH excluding ortho intramolecular Hbond substituents is 1. The van der Waals surface area contributed by atoms with Crippen LogP contribution < -0.4 is 10.6 Å². The van der Waals surface area contributed by atoms with E-state index < -0.39 is 35.6 Å². The van der Waals surface area contributed by atoms with Crippen molar-refractivity contribution >= 4 is 34.4 Å². The lowest BCUT2D eigenvalue weighted by atomic mass is 10.0. The lowest BCUT2D eigenvalue weighted by molar-refractivity contribution is -0.140. The van der Waals surface area contributed by atoms with Gasteiger partial charge in [-0.2, -0.15) is 0 Å². The Morgan fingerprint density at radius 1 is 0.949 bits per heavy atom. The number of benzene rings is 3. The fourth-order valence-electron chi connectivity index (χ4n) is 4.34. The molecule has 0 saturated heterocycles. The van der Waals surface area contributed by atoms with E-state index >= 15 is 0 Å². The highest BCUT2D eigenvalue weighted by molar-refractivity contribution is 6.00. The standard InChI is InChI=1S/C31H39N3O5/c1-6-7-10-18-34(29(37)21(2)32-30(38)39-31(3,4)5)27(24-14-11-15-26(35)20-24)28(36)33-25-17-16-22-12-8-9-13-23(22)19-25/h8-9,11-17,19-21,27,35H,6-7,10,18H2,1-5H3,(H,32,38)(H,33,36). The number of hydrogen-bond donors (Lipinski definition) is 3. The van der Waals surface area contributed by atoms with E-state index in [4.69, 9.17) is 4.74 Å². The third-order valence-electron chi connectivity index (χ3n) is 6.15. The number of carbonyl (C=O) groups excluding carboxylic acids is 3. The van der Waals surface area contributed by atoms with E-state index in [1.807, 2.05) is 42.5 Å². The van der Waals surface area contributed by atoms with Crippen molar-refractivity contribution in [3.63, 3.8) is 0 Å². The molecule has 2 unspecified atom stereocenters. The summed E-state index contributed by atoms with van der Waals surface area (Å²) in [5.74, 6) is -0.874. The number of phenols is 1. The fourth-order valence-corrected chi connectivity index (χ4v) is 4.34. The molecule has 0 aliphatic rings. The normalized spacial score (nSPS) is 12.8. The molecule has 0 aliphatic heterocycles. The van der Waals surface area contributed by atoms with Crippen molar-refractivity contribution in [2.24, 2.45) is 0 Å². The fraction of sp³-hybridized carbons (Fsp3) is 0.387. The zero-order valence-electron chi connectivity index (χ0n) is 23.4. The maximum absolute atomic E-state index is 13.9. The van der Waals surface area contributed by atoms with Gasteiger partial charge >= 0.3 is 6.09 Å². The maximum atomic E-state index is 13.9. The van der Waals surface area contributed by atoms with Crippen molar-refractivity contribution in [2.75, 3.05) is 11.9 Å². The average molecular weight is 534 g/mol. The topological polar surface area (TPSA) is 108 Å². The minimum atomic E-state index is -1.05. The minimum absolute atomic E-state index is 0.0168. The van der Waals surface area contributed by atoms with Gasteiger partial charge in [-0.1, -0.05) is 62.2 Å². The summed E-state index contributed by atoms with van der Waals surface area (Å²) in [6.07, 6.45) is 1.73. The Kier molecular flexibility index (Phi) is 9.93. The van der Waals surface area contributed by atoms with Gasteiger partial charge in [-0.15, -0.1) is 0 Å². The Balaban J connectivity index is 1.95. The molecule has 8 nitrogen and oxygen atoms in total. The molecular formula is C31H39N3O5. The maximum Gasteiger partial charge on any atom is 0.408 e. The average Bonchev–Trinajstić information content (AvgIpc) is 2.86. The van der Waals surface area contributed by atoms with E-state index in [-0.39, 0.29) is 5.75 Å². The van der Waals surface area contributed by atoms with Crippen LogP contribution in [0, 0.1) is 0 Å². The van der Waals surface area contributed by atoms with Crippen LogP contribution >= 0.6 is 0 Å². The van der Waals surface area contributed by atoms with Crippen molar-refractivity contribution in [1.82, 2.24) is 10.2 Å². The quantitative estimate of drug-likeness (QED) is 0.271. The predicted molar refractivity (Wildman–Crippen MR) is 153 cm³/mol. The molecule has 0 aliphatic carbocycles. The van der Waals surface area contributed by atoms with Crippen LogP contribution in [0.2, 0.25) is 0 Å². The number of hydrogen-bond acceptors (Lipinski definition) is 5. The van der Waals surface area contributed by atoms with Crippen molar-refractivity contribution in [3.05, 3.63) is 72.3 Å². The third-order valence-corrected chi connectivity index (χ3v) is 6.15. The number of anilines is 1. The number of aromatic hydroxyl groups is 1. The number of alkyl carbamates (subject to hydrolysis) is 1. The van der Waals surface area contributed by atoms with E-state index in [1.165, 1.54) is 17.0 Å². The van der Waals surface area contributed by atoms with Gasteiger partial charge < -0.3 is 25.4 Å². The summed E-state index contributed by atoms with van der Waals surface area (Å²) < 4.78 is 5.33. The molecule has 0 heterocycles. The molecule has 8 heteroatoms. The third kappa shape index (κ3) is 8.46. The second-order valence-electron chi connectivity index (χ2n) is 10.7. The number of ether oxygens (including phenoxy) is 1. The molecule has 0 saturated carbocycles. The Bertz CT molecular complexity index is 1300. The van der Waals surface area contributed by atoms with Crippen molar-refractivity contribution in [3.8, 4) is 5.75 Å². The largest absolute Gasteiger partial charge is 0.508 e. The molecule has 0 bridgehead atoms. The number of fused-ring (bicyclic) bond motifs is 1. The van der Waals surface area contributed by atoms with Crippen LogP contribution in [0.4, 0.5) is 10.5 Å². The number of amides is 3. The second-order valence-corrected chi connectivity index (χ2v) is 10.7. The zero-order valence-corrected chi connectivity index (χ0v) is 23.4. The smallest absolute Gasteiger partial charge is 0.408 e. The summed E-state index contributed by atoms with van der Waals surface area (Å²) >= 11 is 0. The first kappa shape index (κ1) is 29.5. The van der Waals surface area contributed by atoms with Crippen LogP contribution in [0.15, 0.2) is 66.7 Å². The van der Waals surface area contributed by atoms with E-state index in [0.29, 0.717) is 24.2 Å². The first-order valence-corrected chi connectivity index (χ1v) is 13.4. The number of nitrogens with one attached hydrogen (secondary N) is 2. The highest BCUT2D eigenvalue weighted by Gasteiger charge is 2.34. The Labute approximate surface area is 230 Å². The molecule has 2 atom stereocenters. The van der Waals surface area contributed by atoms with E-state index in [2.05, 4.69) is 17.6 Å². The number of rotatable bonds is 10. The van der Waals surface area contributed by atoms with E-state index in [1.54, 1.807) is 39.8 Å². The van der Waals surface area contributed by atoms with Gasteiger partial charge in [0.05, 0.1) is 0 Å². The summed E-state index contributed by atoms with van der Waals surface area (Å²) in [6.45, 7) is 9.14. The monoisotopic (exact) mass is 533 g/mol. The molecule has 208 valence electrons. The SMILES string of the molecule is CCCCCN(C(=O)C(C)NC(=O)OC(C)(C)C)C(C(=O)Nc1ccc2ccccc2c1)c1cccc(O)c1. The highest BCUT2D eigenvalue weighted by atomic mass is 16.6. The molecule has 0 radical (unpaired) electrons. The van der Waals surface area contributed by atoms with Gasteiger partial charge in [0.1, 0.15) is 23.4 Å². The molecular weight excluding hydrogens is 494 g/mol. The van der Waals surface area contributed by atoms with Crippen molar-refractivity contribution < 1.29 is 24.2 Å². The molecule has 3 N–H and O–H groups in total. The molecule has 0 spiro atoms. The van der Waals surface area contributed by atoms with Gasteiger partial charge in [0.2, 0.25) is 5.91 Å². The molecule has 0 fully saturated rings. The van der Waals surface area contributed by atoms with Crippen LogP contribution in [0.3, 0.4) is 0 Å².